The molecule has 0 saturated carbocycles. The quantitative estimate of drug-likeness (QED) is 0.382. The van der Waals surface area contributed by atoms with Gasteiger partial charge in [-0.2, -0.15) is 0 Å². The van der Waals surface area contributed by atoms with Crippen molar-refractivity contribution in [1.82, 2.24) is 9.55 Å². The lowest BCUT2D eigenvalue weighted by Crippen LogP contribution is -2.08. The maximum Gasteiger partial charge on any atom is 0.295 e. The molecule has 0 fully saturated rings. The Morgan fingerprint density at radius 1 is 1.67 bits per heavy atom. The van der Waals surface area contributed by atoms with Crippen molar-refractivity contribution in [3.63, 3.8) is 0 Å². The molecule has 4 nitrogen and oxygen atoms in total. The predicted octanol–water partition coefficient (Wildman–Crippen LogP) is -0.278. The first-order chi connectivity index (χ1) is 4.34. The van der Waals surface area contributed by atoms with E-state index < -0.39 is 5.91 Å². The zero-order valence-corrected chi connectivity index (χ0v) is 4.52. The van der Waals surface area contributed by atoms with Crippen molar-refractivity contribution in [2.75, 3.05) is 0 Å². The lowest BCUT2D eigenvalue weighted by atomic mass is 10.7. The van der Waals surface area contributed by atoms with Gasteiger partial charge in [0.05, 0.1) is 0 Å². The van der Waals surface area contributed by atoms with E-state index in [-0.39, 0.29) is 6.29 Å². The number of carbonyl (C=O) groups excluding carboxylic acids is 2. The Morgan fingerprint density at radius 2 is 2.44 bits per heavy atom. The van der Waals surface area contributed by atoms with Crippen molar-refractivity contribution in [2.45, 2.75) is 0 Å². The number of aromatic nitrogens is 2. The van der Waals surface area contributed by atoms with Crippen LogP contribution >= 0.6 is 0 Å². The number of rotatable bonds is 1. The van der Waals surface area contributed by atoms with Gasteiger partial charge < -0.3 is 0 Å². The van der Waals surface area contributed by atoms with Crippen molar-refractivity contribution < 1.29 is 9.59 Å². The van der Waals surface area contributed by atoms with Crippen molar-refractivity contribution in [3.8, 4) is 0 Å². The normalized spacial score (nSPS) is 8.89. The zero-order chi connectivity index (χ0) is 6.69. The largest absolute Gasteiger partial charge is 0.295 e. The molecule has 4 heteroatoms. The molecule has 0 N–H and O–H groups in total. The minimum absolute atomic E-state index is 0.238. The molecule has 0 aromatic carbocycles. The molecule has 0 aliphatic heterocycles. The number of hydrogen-bond donors (Lipinski definition) is 0. The summed E-state index contributed by atoms with van der Waals surface area (Å²) in [5.41, 5.74) is 0. The molecule has 1 rings (SSSR count). The highest BCUT2D eigenvalue weighted by molar-refractivity contribution is 6.24. The van der Waals surface area contributed by atoms with Crippen LogP contribution in [0.5, 0.6) is 0 Å². The van der Waals surface area contributed by atoms with Gasteiger partial charge in [-0.15, -0.1) is 0 Å². The van der Waals surface area contributed by atoms with Crippen molar-refractivity contribution in [3.05, 3.63) is 18.7 Å². The zero-order valence-electron chi connectivity index (χ0n) is 4.52. The molecule has 0 aliphatic rings. The molecule has 0 atom stereocenters. The highest BCUT2D eigenvalue weighted by Crippen LogP contribution is 1.81. The summed E-state index contributed by atoms with van der Waals surface area (Å²) in [5.74, 6) is -0.604. The second-order valence-corrected chi connectivity index (χ2v) is 1.43. The third-order valence-corrected chi connectivity index (χ3v) is 0.860. The second-order valence-electron chi connectivity index (χ2n) is 1.43. The smallest absolute Gasteiger partial charge is 0.292 e. The van der Waals surface area contributed by atoms with Crippen molar-refractivity contribution in [2.24, 2.45) is 0 Å². The molecule has 0 unspecified atom stereocenters. The molecule has 0 radical (unpaired) electrons. The Balaban J connectivity index is 2.89. The van der Waals surface area contributed by atoms with Gasteiger partial charge in [-0.05, 0) is 0 Å². The van der Waals surface area contributed by atoms with Gasteiger partial charge in [-0.3, -0.25) is 14.2 Å². The van der Waals surface area contributed by atoms with E-state index in [0.29, 0.717) is 0 Å². The third-order valence-electron chi connectivity index (χ3n) is 0.860. The number of nitrogens with zero attached hydrogens (tertiary/aromatic N) is 2. The van der Waals surface area contributed by atoms with Crippen LogP contribution in [0.2, 0.25) is 0 Å². The topological polar surface area (TPSA) is 52.0 Å². The van der Waals surface area contributed by atoms with Gasteiger partial charge >= 0.3 is 0 Å². The molecule has 0 aliphatic carbocycles. The van der Waals surface area contributed by atoms with Gasteiger partial charge in [0.25, 0.3) is 5.91 Å². The van der Waals surface area contributed by atoms with E-state index in [4.69, 9.17) is 0 Å². The first-order valence-corrected chi connectivity index (χ1v) is 2.32. The summed E-state index contributed by atoms with van der Waals surface area (Å²) in [5, 5.41) is 0. The van der Waals surface area contributed by atoms with E-state index in [2.05, 4.69) is 4.98 Å². The highest BCUT2D eigenvalue weighted by atomic mass is 16.2. The van der Waals surface area contributed by atoms with Crippen LogP contribution in [0.3, 0.4) is 0 Å². The minimum atomic E-state index is -0.604. The van der Waals surface area contributed by atoms with Crippen LogP contribution in [-0.4, -0.2) is 21.7 Å². The van der Waals surface area contributed by atoms with Crippen LogP contribution in [0.1, 0.15) is 4.79 Å². The summed E-state index contributed by atoms with van der Waals surface area (Å²) < 4.78 is 1.10. The van der Waals surface area contributed by atoms with Crippen LogP contribution in [0, 0.1) is 0 Å². The van der Waals surface area contributed by atoms with Gasteiger partial charge in [0.15, 0.2) is 0 Å². The molecule has 46 valence electrons. The van der Waals surface area contributed by atoms with Gasteiger partial charge in [0, 0.05) is 12.4 Å². The maximum atomic E-state index is 10.4. The first-order valence-electron chi connectivity index (χ1n) is 2.32. The molecular weight excluding hydrogens is 120 g/mol. The molecule has 0 saturated heterocycles. The molecule has 1 aromatic heterocycles. The SMILES string of the molecule is O=CC(=O)n1ccnc1. The van der Waals surface area contributed by atoms with Gasteiger partial charge in [-0.1, -0.05) is 0 Å². The molecular formula is C5H4N2O2. The van der Waals surface area contributed by atoms with Crippen molar-refractivity contribution >= 4 is 12.2 Å². The number of hydrogen-bond acceptors (Lipinski definition) is 3. The summed E-state index contributed by atoms with van der Waals surface area (Å²) in [6.45, 7) is 0. The Hall–Kier alpha value is -1.45. The van der Waals surface area contributed by atoms with Gasteiger partial charge in [-0.25, -0.2) is 4.98 Å². The van der Waals surface area contributed by atoms with E-state index in [1.54, 1.807) is 0 Å². The Bertz CT molecular complexity index is 215. The predicted molar refractivity (Wildman–Crippen MR) is 28.9 cm³/mol. The fourth-order valence-corrected chi connectivity index (χ4v) is 0.450. The molecule has 0 spiro atoms. The first kappa shape index (κ1) is 5.68. The van der Waals surface area contributed by atoms with E-state index in [9.17, 15) is 9.59 Å². The van der Waals surface area contributed by atoms with E-state index >= 15 is 0 Å². The van der Waals surface area contributed by atoms with E-state index in [1.807, 2.05) is 0 Å². The Labute approximate surface area is 51.1 Å². The molecule has 1 aromatic rings. The lowest BCUT2D eigenvalue weighted by molar-refractivity contribution is -0.105. The molecule has 1 heterocycles. The molecule has 9 heavy (non-hydrogen) atoms. The van der Waals surface area contributed by atoms with Gasteiger partial charge in [0.2, 0.25) is 6.29 Å². The maximum absolute atomic E-state index is 10.4. The number of carbonyl (C=O) groups is 2. The van der Waals surface area contributed by atoms with Crippen LogP contribution in [0.15, 0.2) is 18.7 Å². The Morgan fingerprint density at radius 3 is 2.89 bits per heavy atom. The average Bonchev–Trinajstić information content (AvgIpc) is 2.37. The molecule has 0 bridgehead atoms. The summed E-state index contributed by atoms with van der Waals surface area (Å²) in [6.07, 6.45) is 4.36. The number of imidazole rings is 1. The third kappa shape index (κ3) is 1.02. The molecule has 0 amide bonds. The summed E-state index contributed by atoms with van der Waals surface area (Å²) in [7, 11) is 0. The van der Waals surface area contributed by atoms with E-state index in [0.717, 1.165) is 4.57 Å². The Kier molecular flexibility index (Phi) is 1.40. The standard InChI is InChI=1S/C5H4N2O2/c8-3-5(9)7-2-1-6-4-7/h1-4H. The van der Waals surface area contributed by atoms with E-state index in [1.165, 1.54) is 18.7 Å². The highest BCUT2D eigenvalue weighted by Gasteiger charge is 1.97. The van der Waals surface area contributed by atoms with Gasteiger partial charge in [0.1, 0.15) is 6.33 Å². The van der Waals surface area contributed by atoms with Crippen LogP contribution in [0.4, 0.5) is 0 Å². The summed E-state index contributed by atoms with van der Waals surface area (Å²) in [4.78, 5) is 23.8. The van der Waals surface area contributed by atoms with Crippen LogP contribution in [-0.2, 0) is 4.79 Å². The van der Waals surface area contributed by atoms with Crippen LogP contribution in [0.25, 0.3) is 0 Å². The monoisotopic (exact) mass is 124 g/mol. The number of aldehydes is 1. The van der Waals surface area contributed by atoms with Crippen LogP contribution < -0.4 is 0 Å². The summed E-state index contributed by atoms with van der Waals surface area (Å²) >= 11 is 0. The lowest BCUT2D eigenvalue weighted by Gasteiger charge is -1.86. The second kappa shape index (κ2) is 2.21. The average molecular weight is 124 g/mol. The fraction of sp³-hybridized carbons (Fsp3) is 0. The fourth-order valence-electron chi connectivity index (χ4n) is 0.450. The van der Waals surface area contributed by atoms with Crippen molar-refractivity contribution in [1.29, 1.82) is 0 Å². The summed E-state index contributed by atoms with van der Waals surface area (Å²) in [6, 6.07) is 0. The minimum Gasteiger partial charge on any atom is -0.292 e.